The molecule has 0 unspecified atom stereocenters. The van der Waals surface area contributed by atoms with Gasteiger partial charge in [0.1, 0.15) is 4.88 Å². The van der Waals surface area contributed by atoms with Crippen LogP contribution in [0.4, 0.5) is 5.69 Å². The minimum Gasteiger partial charge on any atom is -0.365 e. The van der Waals surface area contributed by atoms with E-state index in [1.807, 2.05) is 36.4 Å². The Hall–Kier alpha value is -3.42. The van der Waals surface area contributed by atoms with Crippen LogP contribution in [0.25, 0.3) is 21.3 Å². The number of nitrogens with two attached hydrogens (primary N) is 1. The average Bonchev–Trinajstić information content (AvgIpc) is 3.54. The normalized spacial score (nSPS) is 14.1. The van der Waals surface area contributed by atoms with E-state index in [1.165, 1.54) is 16.9 Å². The lowest BCUT2D eigenvalue weighted by Crippen LogP contribution is -2.31. The molecule has 5 rings (SSSR count). The molecule has 0 aliphatic carbocycles. The summed E-state index contributed by atoms with van der Waals surface area (Å²) in [5.74, 6) is -0.647. The summed E-state index contributed by atoms with van der Waals surface area (Å²) >= 11 is 1.32. The second-order valence-corrected chi connectivity index (χ2v) is 9.47. The number of hydrogen-bond donors (Lipinski definition) is 2. The van der Waals surface area contributed by atoms with E-state index in [2.05, 4.69) is 45.2 Å². The first-order valence-electron chi connectivity index (χ1n) is 11.2. The van der Waals surface area contributed by atoms with Crippen LogP contribution >= 0.6 is 11.3 Å². The Kier molecular flexibility index (Phi) is 5.98. The van der Waals surface area contributed by atoms with E-state index >= 15 is 0 Å². The van der Waals surface area contributed by atoms with Gasteiger partial charge >= 0.3 is 0 Å². The lowest BCUT2D eigenvalue weighted by Gasteiger charge is -2.13. The molecule has 168 valence electrons. The van der Waals surface area contributed by atoms with Crippen molar-refractivity contribution >= 4 is 39.7 Å². The van der Waals surface area contributed by atoms with E-state index in [0.29, 0.717) is 17.1 Å². The molecule has 1 aliphatic rings. The summed E-state index contributed by atoms with van der Waals surface area (Å²) in [6.07, 6.45) is 4.36. The third-order valence-electron chi connectivity index (χ3n) is 6.05. The number of carbonyl (C=O) groups excluding carboxylic acids is 2. The first-order valence-corrected chi connectivity index (χ1v) is 12.0. The third kappa shape index (κ3) is 4.55. The van der Waals surface area contributed by atoms with Gasteiger partial charge in [-0.3, -0.25) is 14.5 Å². The summed E-state index contributed by atoms with van der Waals surface area (Å²) in [5.41, 5.74) is 9.51. The number of para-hydroxylation sites is 1. The molecule has 0 saturated carbocycles. The molecular formula is C26H26N4O2S. The summed E-state index contributed by atoms with van der Waals surface area (Å²) < 4.78 is 2.22. The Bertz CT molecular complexity index is 1300. The fraction of sp³-hybridized carbons (Fsp3) is 0.231. The van der Waals surface area contributed by atoms with Crippen molar-refractivity contribution in [1.29, 1.82) is 0 Å². The number of benzene rings is 2. The van der Waals surface area contributed by atoms with Gasteiger partial charge in [-0.05, 0) is 43.6 Å². The fourth-order valence-corrected chi connectivity index (χ4v) is 5.48. The molecule has 2 aromatic carbocycles. The van der Waals surface area contributed by atoms with Crippen molar-refractivity contribution in [3.05, 3.63) is 77.3 Å². The Morgan fingerprint density at radius 3 is 2.48 bits per heavy atom. The number of hydrogen-bond acceptors (Lipinski definition) is 4. The number of fused-ring (bicyclic) bond motifs is 1. The molecule has 0 spiro atoms. The highest BCUT2D eigenvalue weighted by Crippen LogP contribution is 2.39. The molecule has 2 amide bonds. The van der Waals surface area contributed by atoms with Crippen LogP contribution in [-0.4, -0.2) is 40.9 Å². The average molecular weight is 459 g/mol. The summed E-state index contributed by atoms with van der Waals surface area (Å²) in [7, 11) is 0. The zero-order valence-electron chi connectivity index (χ0n) is 18.3. The first kappa shape index (κ1) is 21.4. The SMILES string of the molecule is NC(=O)c1sc(-c2cn(Cc3ccccc3)c3ccccc23)cc1NC(=O)CN1CCCC1. The molecule has 0 radical (unpaired) electrons. The van der Waals surface area contributed by atoms with Crippen molar-refractivity contribution in [2.45, 2.75) is 19.4 Å². The van der Waals surface area contributed by atoms with Crippen molar-refractivity contribution in [2.24, 2.45) is 5.73 Å². The second kappa shape index (κ2) is 9.21. The van der Waals surface area contributed by atoms with Crippen LogP contribution in [0.5, 0.6) is 0 Å². The summed E-state index contributed by atoms with van der Waals surface area (Å²) in [6.45, 7) is 2.95. The van der Waals surface area contributed by atoms with E-state index < -0.39 is 5.91 Å². The number of amides is 2. The van der Waals surface area contributed by atoms with E-state index in [1.54, 1.807) is 0 Å². The highest BCUT2D eigenvalue weighted by atomic mass is 32.1. The summed E-state index contributed by atoms with van der Waals surface area (Å²) in [5, 5.41) is 4.02. The van der Waals surface area contributed by atoms with Gasteiger partial charge in [0.15, 0.2) is 0 Å². The Morgan fingerprint density at radius 2 is 1.73 bits per heavy atom. The molecule has 1 saturated heterocycles. The number of aromatic nitrogens is 1. The van der Waals surface area contributed by atoms with Crippen molar-refractivity contribution in [1.82, 2.24) is 9.47 Å². The summed E-state index contributed by atoms with van der Waals surface area (Å²) in [4.78, 5) is 28.2. The summed E-state index contributed by atoms with van der Waals surface area (Å²) in [6, 6.07) is 20.4. The van der Waals surface area contributed by atoms with Crippen LogP contribution in [0, 0.1) is 0 Å². The molecule has 6 nitrogen and oxygen atoms in total. The number of primary amides is 1. The van der Waals surface area contributed by atoms with Crippen LogP contribution in [0.15, 0.2) is 66.9 Å². The van der Waals surface area contributed by atoms with Gasteiger partial charge < -0.3 is 15.6 Å². The minimum atomic E-state index is -0.532. The van der Waals surface area contributed by atoms with Crippen LogP contribution < -0.4 is 11.1 Å². The van der Waals surface area contributed by atoms with Gasteiger partial charge in [0, 0.05) is 34.1 Å². The molecule has 0 bridgehead atoms. The maximum absolute atomic E-state index is 12.6. The van der Waals surface area contributed by atoms with Crippen LogP contribution in [0.2, 0.25) is 0 Å². The van der Waals surface area contributed by atoms with Gasteiger partial charge in [-0.1, -0.05) is 48.5 Å². The van der Waals surface area contributed by atoms with Crippen LogP contribution in [0.3, 0.4) is 0 Å². The largest absolute Gasteiger partial charge is 0.365 e. The number of thiophene rings is 1. The zero-order valence-corrected chi connectivity index (χ0v) is 19.1. The Labute approximate surface area is 196 Å². The van der Waals surface area contributed by atoms with Gasteiger partial charge in [-0.25, -0.2) is 0 Å². The maximum atomic E-state index is 12.6. The Balaban J connectivity index is 1.48. The highest BCUT2D eigenvalue weighted by molar-refractivity contribution is 7.18. The number of rotatable bonds is 7. The maximum Gasteiger partial charge on any atom is 0.260 e. The molecule has 4 aromatic rings. The lowest BCUT2D eigenvalue weighted by atomic mass is 10.1. The predicted octanol–water partition coefficient (Wildman–Crippen LogP) is 4.55. The van der Waals surface area contributed by atoms with Gasteiger partial charge in [-0.15, -0.1) is 11.3 Å². The number of anilines is 1. The molecule has 2 aromatic heterocycles. The molecule has 3 heterocycles. The van der Waals surface area contributed by atoms with Crippen molar-refractivity contribution in [2.75, 3.05) is 25.0 Å². The monoisotopic (exact) mass is 458 g/mol. The zero-order chi connectivity index (χ0) is 22.8. The van der Waals surface area contributed by atoms with Gasteiger partial charge in [0.05, 0.1) is 12.2 Å². The van der Waals surface area contributed by atoms with Crippen LogP contribution in [-0.2, 0) is 11.3 Å². The lowest BCUT2D eigenvalue weighted by molar-refractivity contribution is -0.117. The molecule has 3 N–H and O–H groups in total. The highest BCUT2D eigenvalue weighted by Gasteiger charge is 2.21. The van der Waals surface area contributed by atoms with Crippen molar-refractivity contribution in [3.8, 4) is 10.4 Å². The number of likely N-dealkylation sites (tertiary alicyclic amines) is 1. The second-order valence-electron chi connectivity index (χ2n) is 8.42. The predicted molar refractivity (Wildman–Crippen MR) is 134 cm³/mol. The van der Waals surface area contributed by atoms with E-state index in [0.717, 1.165) is 53.8 Å². The molecule has 7 heteroatoms. The number of carbonyl (C=O) groups is 2. The van der Waals surface area contributed by atoms with E-state index in [4.69, 9.17) is 5.73 Å². The van der Waals surface area contributed by atoms with Gasteiger partial charge in [0.2, 0.25) is 5.91 Å². The molecule has 1 aliphatic heterocycles. The molecule has 0 atom stereocenters. The van der Waals surface area contributed by atoms with Gasteiger partial charge in [-0.2, -0.15) is 0 Å². The van der Waals surface area contributed by atoms with Gasteiger partial charge in [0.25, 0.3) is 5.91 Å². The quantitative estimate of drug-likeness (QED) is 0.426. The number of nitrogens with one attached hydrogen (secondary N) is 1. The van der Waals surface area contributed by atoms with E-state index in [9.17, 15) is 9.59 Å². The van der Waals surface area contributed by atoms with Crippen LogP contribution in [0.1, 0.15) is 28.1 Å². The number of nitrogens with zero attached hydrogens (tertiary/aromatic N) is 2. The van der Waals surface area contributed by atoms with E-state index in [-0.39, 0.29) is 5.91 Å². The Morgan fingerprint density at radius 1 is 1.00 bits per heavy atom. The standard InChI is InChI=1S/C26H26N4O2S/c27-26(32)25-21(28-24(31)17-29-12-6-7-13-29)14-23(33-25)20-16-30(15-18-8-2-1-3-9-18)22-11-5-4-10-19(20)22/h1-5,8-11,14,16H,6-7,12-13,15,17H2,(H2,27,32)(H,28,31). The fourth-order valence-electron chi connectivity index (χ4n) is 4.49. The minimum absolute atomic E-state index is 0.116. The smallest absolute Gasteiger partial charge is 0.260 e. The van der Waals surface area contributed by atoms with Crippen molar-refractivity contribution in [3.63, 3.8) is 0 Å². The molecule has 1 fully saturated rings. The molecule has 33 heavy (non-hydrogen) atoms. The topological polar surface area (TPSA) is 80.4 Å². The third-order valence-corrected chi connectivity index (χ3v) is 7.23. The first-order chi connectivity index (χ1) is 16.1. The molecular weight excluding hydrogens is 432 g/mol. The van der Waals surface area contributed by atoms with Crippen molar-refractivity contribution < 1.29 is 9.59 Å².